The molecule has 0 fully saturated rings. The quantitative estimate of drug-likeness (QED) is 0.404. The Morgan fingerprint density at radius 1 is 1.78 bits per heavy atom. The molecule has 9 heavy (non-hydrogen) atoms. The average molecular weight is 144 g/mol. The van der Waals surface area contributed by atoms with Gasteiger partial charge in [0.2, 0.25) is 0 Å². The molecule has 0 bridgehead atoms. The SMILES string of the molecule is [C-]#[N+]C(C)(C)C(Cl)=C=O. The molecule has 0 heterocycles. The van der Waals surface area contributed by atoms with Crippen LogP contribution in [0.3, 0.4) is 0 Å². The molecule has 0 spiro atoms. The van der Waals surface area contributed by atoms with Crippen LogP contribution in [0, 0.1) is 6.57 Å². The zero-order valence-electron chi connectivity index (χ0n) is 5.23. The van der Waals surface area contributed by atoms with Crippen LogP contribution in [0.2, 0.25) is 0 Å². The first-order valence-electron chi connectivity index (χ1n) is 2.34. The van der Waals surface area contributed by atoms with Crippen molar-refractivity contribution in [1.29, 1.82) is 0 Å². The van der Waals surface area contributed by atoms with Gasteiger partial charge in [-0.3, -0.25) is 0 Å². The summed E-state index contributed by atoms with van der Waals surface area (Å²) in [5.41, 5.74) is -0.899. The van der Waals surface area contributed by atoms with Gasteiger partial charge < -0.3 is 4.85 Å². The summed E-state index contributed by atoms with van der Waals surface area (Å²) in [4.78, 5) is 13.0. The molecule has 0 N–H and O–H groups in total. The lowest BCUT2D eigenvalue weighted by Gasteiger charge is -2.03. The maximum absolute atomic E-state index is 9.87. The number of nitrogens with zero attached hydrogens (tertiary/aromatic N) is 1. The molecule has 0 aliphatic carbocycles. The Morgan fingerprint density at radius 2 is 2.22 bits per heavy atom. The molecule has 0 aliphatic heterocycles. The zero-order chi connectivity index (χ0) is 7.49. The molecule has 0 atom stereocenters. The minimum absolute atomic E-state index is 0.0718. The molecule has 0 aromatic heterocycles. The monoisotopic (exact) mass is 143 g/mol. The normalized spacial score (nSPS) is 9.56. The van der Waals surface area contributed by atoms with Gasteiger partial charge in [0.05, 0.1) is 0 Å². The molecule has 2 nitrogen and oxygen atoms in total. The fraction of sp³-hybridized carbons (Fsp3) is 0.500. The molecule has 0 aromatic rings. The van der Waals surface area contributed by atoms with E-state index in [9.17, 15) is 4.79 Å². The number of carbonyl (C=O) groups excluding carboxylic acids is 1. The van der Waals surface area contributed by atoms with Crippen molar-refractivity contribution in [3.63, 3.8) is 0 Å². The van der Waals surface area contributed by atoms with E-state index in [0.29, 0.717) is 0 Å². The van der Waals surface area contributed by atoms with E-state index in [0.717, 1.165) is 0 Å². The second-order valence-corrected chi connectivity index (χ2v) is 2.46. The third-order valence-electron chi connectivity index (χ3n) is 0.906. The highest BCUT2D eigenvalue weighted by Crippen LogP contribution is 2.20. The minimum atomic E-state index is -0.899. The first-order chi connectivity index (χ1) is 4.04. The van der Waals surface area contributed by atoms with Crippen LogP contribution >= 0.6 is 11.6 Å². The second-order valence-electron chi connectivity index (χ2n) is 2.09. The van der Waals surface area contributed by atoms with E-state index in [-0.39, 0.29) is 5.03 Å². The zero-order valence-corrected chi connectivity index (χ0v) is 5.99. The van der Waals surface area contributed by atoms with Gasteiger partial charge in [0.25, 0.3) is 5.54 Å². The first-order valence-corrected chi connectivity index (χ1v) is 2.72. The van der Waals surface area contributed by atoms with E-state index < -0.39 is 5.54 Å². The standard InChI is InChI=1S/C6H6ClNO/c1-6(2,8-3)5(7)4-9/h1-2H3. The lowest BCUT2D eigenvalue weighted by atomic mass is 10.1. The molecule has 0 saturated carbocycles. The highest BCUT2D eigenvalue weighted by atomic mass is 35.5. The Hall–Kier alpha value is -0.770. The highest BCUT2D eigenvalue weighted by Gasteiger charge is 2.28. The number of halogens is 1. The van der Waals surface area contributed by atoms with Gasteiger partial charge in [0.1, 0.15) is 5.94 Å². The molecule has 0 amide bonds. The van der Waals surface area contributed by atoms with Crippen LogP contribution in [0.15, 0.2) is 5.03 Å². The van der Waals surface area contributed by atoms with Crippen LogP contribution in [0.1, 0.15) is 13.8 Å². The molecule has 0 aliphatic rings. The van der Waals surface area contributed by atoms with Gasteiger partial charge >= 0.3 is 0 Å². The number of hydrogen-bond donors (Lipinski definition) is 0. The molecular formula is C6H6ClNO. The maximum atomic E-state index is 9.87. The van der Waals surface area contributed by atoms with Crippen LogP contribution in [0.4, 0.5) is 0 Å². The Bertz CT molecular complexity index is 196. The summed E-state index contributed by atoms with van der Waals surface area (Å²) in [5, 5.41) is -0.0718. The maximum Gasteiger partial charge on any atom is 0.272 e. The van der Waals surface area contributed by atoms with Gasteiger partial charge in [-0.1, -0.05) is 11.6 Å². The van der Waals surface area contributed by atoms with Gasteiger partial charge in [-0.2, -0.15) is 0 Å². The molecule has 0 aromatic carbocycles. The van der Waals surface area contributed by atoms with E-state index in [1.807, 2.05) is 0 Å². The van der Waals surface area contributed by atoms with Crippen LogP contribution < -0.4 is 0 Å². The van der Waals surface area contributed by atoms with Crippen molar-refractivity contribution < 1.29 is 4.79 Å². The van der Waals surface area contributed by atoms with Gasteiger partial charge in [-0.05, 0) is 0 Å². The van der Waals surface area contributed by atoms with Crippen molar-refractivity contribution in [3.05, 3.63) is 16.4 Å². The predicted octanol–water partition coefficient (Wildman–Crippen LogP) is 1.64. The van der Waals surface area contributed by atoms with Crippen molar-refractivity contribution in [1.82, 2.24) is 0 Å². The lowest BCUT2D eigenvalue weighted by Crippen LogP contribution is -2.14. The van der Waals surface area contributed by atoms with Crippen molar-refractivity contribution in [2.45, 2.75) is 19.4 Å². The Labute approximate surface area is 58.9 Å². The number of hydrogen-bond acceptors (Lipinski definition) is 1. The minimum Gasteiger partial charge on any atom is -0.304 e. The molecule has 0 rings (SSSR count). The van der Waals surface area contributed by atoms with Crippen LogP contribution in [-0.4, -0.2) is 11.5 Å². The molecule has 0 unspecified atom stereocenters. The highest BCUT2D eigenvalue weighted by molar-refractivity contribution is 6.34. The average Bonchev–Trinajstić information content (AvgIpc) is 1.86. The molecule has 48 valence electrons. The summed E-state index contributed by atoms with van der Waals surface area (Å²) in [7, 11) is 0. The third-order valence-corrected chi connectivity index (χ3v) is 1.45. The molecule has 3 heteroatoms. The van der Waals surface area contributed by atoms with E-state index in [4.69, 9.17) is 18.2 Å². The molecular weight excluding hydrogens is 138 g/mol. The largest absolute Gasteiger partial charge is 0.304 e. The fourth-order valence-electron chi connectivity index (χ4n) is 0.174. The Kier molecular flexibility index (Phi) is 2.45. The summed E-state index contributed by atoms with van der Waals surface area (Å²) in [6.07, 6.45) is 0. The second kappa shape index (κ2) is 2.68. The third kappa shape index (κ3) is 1.89. The van der Waals surface area contributed by atoms with E-state index in [1.54, 1.807) is 13.8 Å². The van der Waals surface area contributed by atoms with Gasteiger partial charge in [-0.15, -0.1) is 0 Å². The first kappa shape index (κ1) is 8.23. The molecule has 0 saturated heterocycles. The predicted molar refractivity (Wildman–Crippen MR) is 35.7 cm³/mol. The Balaban J connectivity index is 4.59. The van der Waals surface area contributed by atoms with Crippen LogP contribution in [-0.2, 0) is 4.79 Å². The van der Waals surface area contributed by atoms with Crippen molar-refractivity contribution in [3.8, 4) is 0 Å². The van der Waals surface area contributed by atoms with Crippen molar-refractivity contribution >= 4 is 17.5 Å². The van der Waals surface area contributed by atoms with Gasteiger partial charge in [0, 0.05) is 13.8 Å². The topological polar surface area (TPSA) is 21.4 Å². The van der Waals surface area contributed by atoms with Crippen molar-refractivity contribution in [2.24, 2.45) is 0 Å². The summed E-state index contributed by atoms with van der Waals surface area (Å²) in [6, 6.07) is 0. The van der Waals surface area contributed by atoms with Gasteiger partial charge in [0.15, 0.2) is 5.03 Å². The van der Waals surface area contributed by atoms with Gasteiger partial charge in [-0.25, -0.2) is 11.4 Å². The summed E-state index contributed by atoms with van der Waals surface area (Å²) in [6.45, 7) is 9.71. The summed E-state index contributed by atoms with van der Waals surface area (Å²) < 4.78 is 0. The Morgan fingerprint density at radius 3 is 2.33 bits per heavy atom. The lowest BCUT2D eigenvalue weighted by molar-refractivity contribution is 0.565. The van der Waals surface area contributed by atoms with E-state index in [2.05, 4.69) is 4.85 Å². The van der Waals surface area contributed by atoms with Crippen LogP contribution in [0.5, 0.6) is 0 Å². The number of rotatable bonds is 1. The summed E-state index contributed by atoms with van der Waals surface area (Å²) >= 11 is 5.34. The van der Waals surface area contributed by atoms with E-state index in [1.165, 1.54) is 5.94 Å². The smallest absolute Gasteiger partial charge is 0.272 e. The van der Waals surface area contributed by atoms with Crippen LogP contribution in [0.25, 0.3) is 4.85 Å². The molecule has 0 radical (unpaired) electrons. The summed E-state index contributed by atoms with van der Waals surface area (Å²) in [5.74, 6) is 1.47. The van der Waals surface area contributed by atoms with Crippen molar-refractivity contribution in [2.75, 3.05) is 0 Å². The van der Waals surface area contributed by atoms with E-state index >= 15 is 0 Å². The fourth-order valence-corrected chi connectivity index (χ4v) is 0.216.